The molecule has 0 spiro atoms. The molecular formula is C22H14BrF3N2. The normalized spacial score (nSPS) is 11.0. The zero-order valence-electron chi connectivity index (χ0n) is 14.5. The number of benzene rings is 3. The number of aliphatic imine (C=N–C) groups is 1. The van der Waals surface area contributed by atoms with Crippen LogP contribution in [0.3, 0.4) is 0 Å². The van der Waals surface area contributed by atoms with E-state index in [1.165, 1.54) is 12.1 Å². The van der Waals surface area contributed by atoms with Crippen molar-refractivity contribution >= 4 is 33.0 Å². The average Bonchev–Trinajstić information content (AvgIpc) is 2.72. The Balaban J connectivity index is 2.29. The van der Waals surface area contributed by atoms with E-state index in [1.807, 2.05) is 60.7 Å². The van der Waals surface area contributed by atoms with Crippen molar-refractivity contribution in [3.05, 3.63) is 106 Å². The molecule has 0 aliphatic heterocycles. The van der Waals surface area contributed by atoms with E-state index in [4.69, 9.17) is 6.57 Å². The Morgan fingerprint density at radius 3 is 1.86 bits per heavy atom. The monoisotopic (exact) mass is 442 g/mol. The number of rotatable bonds is 4. The van der Waals surface area contributed by atoms with Gasteiger partial charge in [0, 0.05) is 16.5 Å². The largest absolute Gasteiger partial charge is 0.407 e. The van der Waals surface area contributed by atoms with Gasteiger partial charge in [0.2, 0.25) is 0 Å². The summed E-state index contributed by atoms with van der Waals surface area (Å²) in [7, 11) is 0. The Morgan fingerprint density at radius 1 is 0.893 bits per heavy atom. The van der Waals surface area contributed by atoms with Gasteiger partial charge in [0.1, 0.15) is 0 Å². The van der Waals surface area contributed by atoms with Crippen LogP contribution < -0.4 is 0 Å². The third-order valence-electron chi connectivity index (χ3n) is 4.13. The molecule has 0 N–H and O–H groups in total. The maximum atomic E-state index is 13.6. The van der Waals surface area contributed by atoms with E-state index in [9.17, 15) is 13.2 Å². The summed E-state index contributed by atoms with van der Waals surface area (Å²) in [5.74, 6) is 0. The number of halogens is 4. The summed E-state index contributed by atoms with van der Waals surface area (Å²) in [5, 5.41) is -0.0686. The van der Waals surface area contributed by atoms with E-state index in [2.05, 4.69) is 25.8 Å². The summed E-state index contributed by atoms with van der Waals surface area (Å²) in [6.07, 6.45) is -4.64. The predicted octanol–water partition coefficient (Wildman–Crippen LogP) is 7.32. The average molecular weight is 443 g/mol. The lowest BCUT2D eigenvalue weighted by Crippen LogP contribution is -2.09. The molecule has 6 heteroatoms. The van der Waals surface area contributed by atoms with Crippen LogP contribution >= 0.6 is 15.9 Å². The maximum absolute atomic E-state index is 13.6. The molecule has 0 heterocycles. The summed E-state index contributed by atoms with van der Waals surface area (Å²) >= 11 is 3.15. The van der Waals surface area contributed by atoms with Crippen molar-refractivity contribution in [1.29, 1.82) is 0 Å². The Morgan fingerprint density at radius 2 is 1.43 bits per heavy atom. The fourth-order valence-corrected chi connectivity index (χ4v) is 3.45. The van der Waals surface area contributed by atoms with E-state index < -0.39 is 17.4 Å². The van der Waals surface area contributed by atoms with Crippen LogP contribution in [-0.4, -0.2) is 5.71 Å². The first-order valence-corrected chi connectivity index (χ1v) is 9.44. The highest BCUT2D eigenvalue weighted by molar-refractivity contribution is 9.08. The van der Waals surface area contributed by atoms with Crippen molar-refractivity contribution in [3.63, 3.8) is 0 Å². The fourth-order valence-electron chi connectivity index (χ4n) is 2.88. The highest BCUT2D eigenvalue weighted by atomic mass is 79.9. The second-order valence-corrected chi connectivity index (χ2v) is 6.45. The third kappa shape index (κ3) is 4.15. The molecule has 3 rings (SSSR count). The van der Waals surface area contributed by atoms with Crippen molar-refractivity contribution < 1.29 is 13.2 Å². The molecular weight excluding hydrogens is 429 g/mol. The molecule has 0 aromatic heterocycles. The molecule has 0 saturated heterocycles. The van der Waals surface area contributed by atoms with Crippen LogP contribution in [0.25, 0.3) is 4.85 Å². The second-order valence-electron chi connectivity index (χ2n) is 5.89. The quantitative estimate of drug-likeness (QED) is 0.228. The smallest absolute Gasteiger partial charge is 0.248 e. The molecule has 0 radical (unpaired) electrons. The minimum Gasteiger partial charge on any atom is -0.248 e. The van der Waals surface area contributed by atoms with Crippen LogP contribution in [0, 0.1) is 6.57 Å². The van der Waals surface area contributed by atoms with Crippen LogP contribution in [0.2, 0.25) is 0 Å². The molecule has 0 fully saturated rings. The maximum Gasteiger partial charge on any atom is 0.407 e. The number of alkyl halides is 4. The Bertz CT molecular complexity index is 996. The van der Waals surface area contributed by atoms with E-state index in [1.54, 1.807) is 0 Å². The molecule has 3 aromatic rings. The summed E-state index contributed by atoms with van der Waals surface area (Å²) in [6, 6.07) is 21.2. The standard InChI is InChI=1S/C22H14BrF3N2/c1-27-19-13-12-18(17(14-23)20(19)22(24,25)26)28-21(15-8-4-2-5-9-15)16-10-6-3-7-11-16/h2-13H,14H2. The number of hydrogen-bond acceptors (Lipinski definition) is 1. The minimum absolute atomic E-state index is 0.0506. The van der Waals surface area contributed by atoms with E-state index in [-0.39, 0.29) is 16.6 Å². The summed E-state index contributed by atoms with van der Waals surface area (Å²) < 4.78 is 40.9. The zero-order chi connectivity index (χ0) is 20.1. The molecule has 0 aliphatic carbocycles. The minimum atomic E-state index is -4.64. The highest BCUT2D eigenvalue weighted by Crippen LogP contribution is 2.43. The van der Waals surface area contributed by atoms with Crippen molar-refractivity contribution in [2.24, 2.45) is 4.99 Å². The summed E-state index contributed by atoms with van der Waals surface area (Å²) in [4.78, 5) is 7.65. The Labute approximate surface area is 169 Å². The van der Waals surface area contributed by atoms with Crippen molar-refractivity contribution in [3.8, 4) is 0 Å². The van der Waals surface area contributed by atoms with Gasteiger partial charge in [0.15, 0.2) is 5.69 Å². The molecule has 0 unspecified atom stereocenters. The van der Waals surface area contributed by atoms with Crippen LogP contribution in [0.15, 0.2) is 77.8 Å². The molecule has 0 amide bonds. The molecule has 3 aromatic carbocycles. The van der Waals surface area contributed by atoms with Crippen molar-refractivity contribution in [2.45, 2.75) is 11.5 Å². The van der Waals surface area contributed by atoms with Crippen molar-refractivity contribution in [2.75, 3.05) is 0 Å². The summed E-state index contributed by atoms with van der Waals surface area (Å²) in [6.45, 7) is 7.09. The lowest BCUT2D eigenvalue weighted by Gasteiger charge is -2.16. The van der Waals surface area contributed by atoms with Gasteiger partial charge < -0.3 is 0 Å². The molecule has 0 aliphatic rings. The second kappa shape index (κ2) is 8.41. The Kier molecular flexibility index (Phi) is 5.96. The zero-order valence-corrected chi connectivity index (χ0v) is 16.1. The summed E-state index contributed by atoms with van der Waals surface area (Å²) in [5.41, 5.74) is 0.897. The topological polar surface area (TPSA) is 16.7 Å². The van der Waals surface area contributed by atoms with Gasteiger partial charge in [-0.05, 0) is 11.6 Å². The van der Waals surface area contributed by atoms with Crippen molar-refractivity contribution in [1.82, 2.24) is 0 Å². The van der Waals surface area contributed by atoms with E-state index >= 15 is 0 Å². The molecule has 0 saturated carbocycles. The van der Waals surface area contributed by atoms with Gasteiger partial charge in [0.05, 0.1) is 23.5 Å². The molecule has 28 heavy (non-hydrogen) atoms. The first-order valence-electron chi connectivity index (χ1n) is 8.31. The van der Waals surface area contributed by atoms with Crippen LogP contribution in [0.4, 0.5) is 24.5 Å². The predicted molar refractivity (Wildman–Crippen MR) is 109 cm³/mol. The molecule has 0 bridgehead atoms. The van der Waals surface area contributed by atoms with Crippen LogP contribution in [0.5, 0.6) is 0 Å². The van der Waals surface area contributed by atoms with Gasteiger partial charge in [0.25, 0.3) is 0 Å². The van der Waals surface area contributed by atoms with Gasteiger partial charge >= 0.3 is 6.18 Å². The van der Waals surface area contributed by atoms with Gasteiger partial charge in [-0.25, -0.2) is 9.84 Å². The Hall–Kier alpha value is -2.91. The number of nitrogens with zero attached hydrogens (tertiary/aromatic N) is 2. The highest BCUT2D eigenvalue weighted by Gasteiger charge is 2.37. The van der Waals surface area contributed by atoms with Gasteiger partial charge in [-0.15, -0.1) is 0 Å². The van der Waals surface area contributed by atoms with E-state index in [0.717, 1.165) is 11.1 Å². The third-order valence-corrected chi connectivity index (χ3v) is 4.69. The first-order chi connectivity index (χ1) is 13.5. The molecule has 140 valence electrons. The van der Waals surface area contributed by atoms with Crippen LogP contribution in [-0.2, 0) is 11.5 Å². The van der Waals surface area contributed by atoms with E-state index in [0.29, 0.717) is 5.71 Å². The molecule has 2 nitrogen and oxygen atoms in total. The van der Waals surface area contributed by atoms with Gasteiger partial charge in [-0.2, -0.15) is 13.2 Å². The SMILES string of the molecule is [C-]#[N+]c1ccc(N=C(c2ccccc2)c2ccccc2)c(CBr)c1C(F)(F)F. The lowest BCUT2D eigenvalue weighted by atomic mass is 10.0. The van der Waals surface area contributed by atoms with Gasteiger partial charge in [-0.1, -0.05) is 82.7 Å². The molecule has 0 atom stereocenters. The first kappa shape index (κ1) is 19.8. The number of hydrogen-bond donors (Lipinski definition) is 0. The fraction of sp³-hybridized carbons (Fsp3) is 0.0909. The lowest BCUT2D eigenvalue weighted by molar-refractivity contribution is -0.137. The van der Waals surface area contributed by atoms with Gasteiger partial charge in [-0.3, -0.25) is 0 Å². The van der Waals surface area contributed by atoms with Crippen LogP contribution in [0.1, 0.15) is 22.3 Å².